The molecular weight excluding hydrogens is 393 g/mol. The summed E-state index contributed by atoms with van der Waals surface area (Å²) in [5, 5.41) is 55.6. The summed E-state index contributed by atoms with van der Waals surface area (Å²) in [5.41, 5.74) is -0.513. The number of hydrogen-bond acceptors (Lipinski definition) is 8. The molecule has 8 N–H and O–H groups in total. The molecule has 2 rings (SSSR count). The van der Waals surface area contributed by atoms with Crippen molar-refractivity contribution >= 4 is 38.0 Å². The van der Waals surface area contributed by atoms with Crippen LogP contribution in [0.2, 0.25) is 0 Å². The van der Waals surface area contributed by atoms with Crippen molar-refractivity contribution in [1.82, 2.24) is 9.97 Å². The van der Waals surface area contributed by atoms with Gasteiger partial charge in [0.05, 0.1) is 5.59 Å². The average molecular weight is 418 g/mol. The Morgan fingerprint density at radius 3 is 2.10 bits per heavy atom. The highest BCUT2D eigenvalue weighted by Gasteiger charge is 2.23. The molecule has 0 amide bonds. The first-order valence-electron chi connectivity index (χ1n) is 9.66. The van der Waals surface area contributed by atoms with Crippen LogP contribution in [0.15, 0.2) is 27.8 Å². The normalized spacial score (nSPS) is 12.0. The fraction of sp³-hybridized carbons (Fsp3) is 0.412. The van der Waals surface area contributed by atoms with E-state index in [1.807, 2.05) is 6.92 Å². The molecule has 2 heterocycles. The molecule has 0 aliphatic rings. The van der Waals surface area contributed by atoms with Gasteiger partial charge in [0.25, 0.3) is 5.56 Å². The smallest absolute Gasteiger partial charge is 0.423 e. The van der Waals surface area contributed by atoms with Gasteiger partial charge in [-0.25, -0.2) is 0 Å². The van der Waals surface area contributed by atoms with Gasteiger partial charge in [-0.3, -0.25) is 9.59 Å². The van der Waals surface area contributed by atoms with Gasteiger partial charge in [0.1, 0.15) is 0 Å². The lowest BCUT2D eigenvalue weighted by molar-refractivity contribution is 0.420. The monoisotopic (exact) mass is 418 g/mol. The van der Waals surface area contributed by atoms with E-state index < -0.39 is 26.9 Å². The number of H-pyrrole nitrogens is 2. The van der Waals surface area contributed by atoms with E-state index in [9.17, 15) is 29.7 Å². The molecule has 0 spiro atoms. The highest BCUT2D eigenvalue weighted by Crippen LogP contribution is 2.15. The maximum absolute atomic E-state index is 12.0. The summed E-state index contributed by atoms with van der Waals surface area (Å²) in [6, 6.07) is 4.28. The first-order chi connectivity index (χ1) is 14.1. The van der Waals surface area contributed by atoms with E-state index in [1.54, 1.807) is 6.07 Å². The second kappa shape index (κ2) is 10.8. The molecule has 0 saturated carbocycles. The van der Waals surface area contributed by atoms with Crippen molar-refractivity contribution in [3.63, 3.8) is 0 Å². The maximum atomic E-state index is 12.0. The summed E-state index contributed by atoms with van der Waals surface area (Å²) < 4.78 is 0. The first kappa shape index (κ1) is 24.1. The Labute approximate surface area is 173 Å². The van der Waals surface area contributed by atoms with Gasteiger partial charge >= 0.3 is 21.4 Å². The second-order valence-corrected chi connectivity index (χ2v) is 7.42. The third-order valence-electron chi connectivity index (χ3n) is 5.06. The van der Waals surface area contributed by atoms with Crippen molar-refractivity contribution in [2.45, 2.75) is 39.0 Å². The zero-order valence-corrected chi connectivity index (χ0v) is 16.6. The lowest BCUT2D eigenvalue weighted by atomic mass is 9.75. The SMILES string of the molecule is CC(CCCc1ccc(B(O)O)[nH]c1=O)CCc1cc(B(O)O)c(=O)[nH]c1B(O)O. The number of pyridine rings is 2. The number of hydrogen-bond donors (Lipinski definition) is 8. The summed E-state index contributed by atoms with van der Waals surface area (Å²) in [6.07, 6.45) is 3.03. The lowest BCUT2D eigenvalue weighted by Gasteiger charge is -2.14. The Morgan fingerprint density at radius 1 is 0.833 bits per heavy atom. The number of aryl methyl sites for hydroxylation is 2. The minimum atomic E-state index is -1.97. The van der Waals surface area contributed by atoms with Gasteiger partial charge in [-0.15, -0.1) is 0 Å². The molecule has 0 aromatic carbocycles. The van der Waals surface area contributed by atoms with Crippen molar-refractivity contribution in [3.05, 3.63) is 50.0 Å². The zero-order valence-electron chi connectivity index (χ0n) is 16.6. The fourth-order valence-corrected chi connectivity index (χ4v) is 3.29. The molecule has 0 aliphatic heterocycles. The minimum Gasteiger partial charge on any atom is -0.423 e. The zero-order chi connectivity index (χ0) is 22.4. The van der Waals surface area contributed by atoms with Crippen LogP contribution in [0.1, 0.15) is 37.3 Å². The van der Waals surface area contributed by atoms with Crippen LogP contribution in [0.4, 0.5) is 0 Å². The summed E-state index contributed by atoms with van der Waals surface area (Å²) in [4.78, 5) is 28.4. The molecule has 0 bridgehead atoms. The first-order valence-corrected chi connectivity index (χ1v) is 9.66. The van der Waals surface area contributed by atoms with Crippen molar-refractivity contribution in [2.24, 2.45) is 5.92 Å². The van der Waals surface area contributed by atoms with Crippen molar-refractivity contribution in [3.8, 4) is 0 Å². The van der Waals surface area contributed by atoms with Gasteiger partial charge in [-0.2, -0.15) is 0 Å². The van der Waals surface area contributed by atoms with E-state index in [1.165, 1.54) is 12.1 Å². The van der Waals surface area contributed by atoms with E-state index in [0.29, 0.717) is 36.8 Å². The van der Waals surface area contributed by atoms with Gasteiger partial charge in [0.2, 0.25) is 5.56 Å². The highest BCUT2D eigenvalue weighted by atomic mass is 16.4. The topological polar surface area (TPSA) is 187 Å². The maximum Gasteiger partial charge on any atom is 0.506 e. The van der Waals surface area contributed by atoms with Crippen LogP contribution in [-0.4, -0.2) is 61.5 Å². The number of aromatic nitrogens is 2. The van der Waals surface area contributed by atoms with Gasteiger partial charge in [0, 0.05) is 16.6 Å². The summed E-state index contributed by atoms with van der Waals surface area (Å²) >= 11 is 0. The molecule has 30 heavy (non-hydrogen) atoms. The molecule has 0 aliphatic carbocycles. The predicted octanol–water partition coefficient (Wildman–Crippen LogP) is -4.31. The lowest BCUT2D eigenvalue weighted by Crippen LogP contribution is -2.49. The van der Waals surface area contributed by atoms with Crippen molar-refractivity contribution in [2.75, 3.05) is 0 Å². The summed E-state index contributed by atoms with van der Waals surface area (Å²) in [6.45, 7) is 2.00. The average Bonchev–Trinajstić information content (AvgIpc) is 2.67. The number of aromatic amines is 2. The van der Waals surface area contributed by atoms with Gasteiger partial charge in [-0.05, 0) is 43.2 Å². The molecule has 0 saturated heterocycles. The van der Waals surface area contributed by atoms with Crippen LogP contribution in [0.5, 0.6) is 0 Å². The number of rotatable bonds is 10. The molecule has 1 atom stereocenters. The van der Waals surface area contributed by atoms with E-state index in [-0.39, 0.29) is 28.1 Å². The Morgan fingerprint density at radius 2 is 1.53 bits per heavy atom. The van der Waals surface area contributed by atoms with Gasteiger partial charge in [-0.1, -0.05) is 25.5 Å². The largest absolute Gasteiger partial charge is 0.506 e. The molecule has 160 valence electrons. The molecule has 1 unspecified atom stereocenters. The van der Waals surface area contributed by atoms with Crippen molar-refractivity contribution < 1.29 is 30.1 Å². The van der Waals surface area contributed by atoms with Crippen LogP contribution in [0, 0.1) is 5.92 Å². The van der Waals surface area contributed by atoms with Crippen LogP contribution < -0.4 is 27.8 Å². The fourth-order valence-electron chi connectivity index (χ4n) is 3.29. The third kappa shape index (κ3) is 6.43. The summed E-state index contributed by atoms with van der Waals surface area (Å²) in [7, 11) is -5.58. The molecule has 10 nitrogen and oxygen atoms in total. The Hall–Kier alpha value is -2.15. The van der Waals surface area contributed by atoms with Crippen LogP contribution in [-0.2, 0) is 12.8 Å². The second-order valence-electron chi connectivity index (χ2n) is 7.42. The quantitative estimate of drug-likeness (QED) is 0.178. The summed E-state index contributed by atoms with van der Waals surface area (Å²) in [5.74, 6) is 0.209. The van der Waals surface area contributed by atoms with E-state index in [4.69, 9.17) is 10.0 Å². The van der Waals surface area contributed by atoms with Crippen LogP contribution >= 0.6 is 0 Å². The van der Waals surface area contributed by atoms with E-state index >= 15 is 0 Å². The highest BCUT2D eigenvalue weighted by molar-refractivity contribution is 6.60. The number of nitrogens with one attached hydrogen (secondary N) is 2. The standard InChI is InChI=1S/C17H25B3N2O8/c1-10(3-2-4-11-7-8-14(19(27)28)21-16(11)23)5-6-12-9-13(18(25)26)17(24)22-15(12)20(29)30/h7-10,25-30H,2-6H2,1H3,(H,21,23)(H,22,24). The van der Waals surface area contributed by atoms with E-state index in [0.717, 1.165) is 6.42 Å². The van der Waals surface area contributed by atoms with Crippen LogP contribution in [0.3, 0.4) is 0 Å². The molecular formula is C17H25B3N2O8. The Kier molecular flexibility index (Phi) is 8.65. The third-order valence-corrected chi connectivity index (χ3v) is 5.06. The molecule has 2 aromatic rings. The molecule has 13 heteroatoms. The Bertz CT molecular complexity index is 961. The van der Waals surface area contributed by atoms with Gasteiger partial charge < -0.3 is 40.1 Å². The predicted molar refractivity (Wildman–Crippen MR) is 114 cm³/mol. The molecule has 0 fully saturated rings. The van der Waals surface area contributed by atoms with Crippen LogP contribution in [0.25, 0.3) is 0 Å². The van der Waals surface area contributed by atoms with Crippen molar-refractivity contribution in [1.29, 1.82) is 0 Å². The van der Waals surface area contributed by atoms with E-state index in [2.05, 4.69) is 9.97 Å². The van der Waals surface area contributed by atoms with Gasteiger partial charge in [0.15, 0.2) is 0 Å². The minimum absolute atomic E-state index is 0.0345. The Balaban J connectivity index is 1.95. The molecule has 2 aromatic heterocycles. The molecule has 0 radical (unpaired) electrons.